The Balaban J connectivity index is 2.59. The van der Waals surface area contributed by atoms with E-state index in [1.807, 2.05) is 0 Å². The van der Waals surface area contributed by atoms with Gasteiger partial charge < -0.3 is 5.11 Å². The van der Waals surface area contributed by atoms with Crippen LogP contribution in [0.15, 0.2) is 12.3 Å². The first-order valence-electron chi connectivity index (χ1n) is 4.02. The SMILES string of the molecule is CC1CC(O)c2nccc(Cl)c21. The molecule has 0 bridgehead atoms. The lowest BCUT2D eigenvalue weighted by molar-refractivity contribution is 0.170. The number of halogens is 1. The largest absolute Gasteiger partial charge is 0.387 e. The van der Waals surface area contributed by atoms with Crippen LogP contribution in [-0.2, 0) is 0 Å². The van der Waals surface area contributed by atoms with Gasteiger partial charge in [-0.3, -0.25) is 4.98 Å². The lowest BCUT2D eigenvalue weighted by Gasteiger charge is -2.04. The maximum absolute atomic E-state index is 9.56. The van der Waals surface area contributed by atoms with Crippen LogP contribution in [0.25, 0.3) is 0 Å². The lowest BCUT2D eigenvalue weighted by atomic mass is 10.1. The summed E-state index contributed by atoms with van der Waals surface area (Å²) in [6.07, 6.45) is 1.96. The van der Waals surface area contributed by atoms with E-state index in [9.17, 15) is 5.11 Å². The van der Waals surface area contributed by atoms with Crippen LogP contribution in [0.3, 0.4) is 0 Å². The molecule has 1 N–H and O–H groups in total. The van der Waals surface area contributed by atoms with Crippen LogP contribution in [0.2, 0.25) is 5.02 Å². The second-order valence-corrected chi connectivity index (χ2v) is 3.65. The zero-order valence-corrected chi connectivity index (χ0v) is 7.54. The highest BCUT2D eigenvalue weighted by Crippen LogP contribution is 2.41. The molecular formula is C9H10ClNO. The van der Waals surface area contributed by atoms with Crippen molar-refractivity contribution in [3.8, 4) is 0 Å². The molecule has 0 aromatic carbocycles. The first-order valence-corrected chi connectivity index (χ1v) is 4.40. The van der Waals surface area contributed by atoms with Gasteiger partial charge in [0.05, 0.1) is 11.8 Å². The van der Waals surface area contributed by atoms with Crippen molar-refractivity contribution in [3.05, 3.63) is 28.5 Å². The molecule has 1 aromatic heterocycles. The molecule has 0 saturated heterocycles. The van der Waals surface area contributed by atoms with Gasteiger partial charge in [-0.2, -0.15) is 0 Å². The third-order valence-corrected chi connectivity index (χ3v) is 2.68. The van der Waals surface area contributed by atoms with Gasteiger partial charge >= 0.3 is 0 Å². The van der Waals surface area contributed by atoms with Gasteiger partial charge in [-0.15, -0.1) is 0 Å². The third kappa shape index (κ3) is 1.03. The average Bonchev–Trinajstić information content (AvgIpc) is 2.29. The lowest BCUT2D eigenvalue weighted by Crippen LogP contribution is -1.93. The predicted octanol–water partition coefficient (Wildman–Crippen LogP) is 2.28. The topological polar surface area (TPSA) is 33.1 Å². The summed E-state index contributed by atoms with van der Waals surface area (Å²) in [6, 6.07) is 1.77. The second-order valence-electron chi connectivity index (χ2n) is 3.24. The van der Waals surface area contributed by atoms with Crippen LogP contribution in [0.5, 0.6) is 0 Å². The average molecular weight is 184 g/mol. The number of nitrogens with zero attached hydrogens (tertiary/aromatic N) is 1. The van der Waals surface area contributed by atoms with E-state index < -0.39 is 6.10 Å². The molecule has 2 unspecified atom stereocenters. The van der Waals surface area contributed by atoms with Gasteiger partial charge in [-0.1, -0.05) is 18.5 Å². The number of rotatable bonds is 0. The number of fused-ring (bicyclic) bond motifs is 1. The molecule has 2 atom stereocenters. The van der Waals surface area contributed by atoms with Gasteiger partial charge in [-0.05, 0) is 24.0 Å². The molecule has 3 heteroatoms. The van der Waals surface area contributed by atoms with E-state index in [0.29, 0.717) is 5.92 Å². The van der Waals surface area contributed by atoms with E-state index in [1.165, 1.54) is 0 Å². The Morgan fingerprint density at radius 3 is 3.08 bits per heavy atom. The molecule has 0 amide bonds. The number of aliphatic hydroxyl groups excluding tert-OH is 1. The maximum Gasteiger partial charge on any atom is 0.0968 e. The molecule has 0 spiro atoms. The van der Waals surface area contributed by atoms with E-state index in [4.69, 9.17) is 11.6 Å². The number of pyridine rings is 1. The van der Waals surface area contributed by atoms with Crippen molar-refractivity contribution in [1.82, 2.24) is 4.98 Å². The minimum absolute atomic E-state index is 0.330. The van der Waals surface area contributed by atoms with Gasteiger partial charge in [0.2, 0.25) is 0 Å². The third-order valence-electron chi connectivity index (χ3n) is 2.35. The standard InChI is InChI=1S/C9H10ClNO/c1-5-4-7(12)9-8(5)6(10)2-3-11-9/h2-3,5,7,12H,4H2,1H3. The highest BCUT2D eigenvalue weighted by atomic mass is 35.5. The molecule has 1 aliphatic rings. The molecule has 2 rings (SSSR count). The Bertz CT molecular complexity index is 313. The fourth-order valence-corrected chi connectivity index (χ4v) is 2.12. The number of aliphatic hydroxyl groups is 1. The van der Waals surface area contributed by atoms with Crippen LogP contribution in [0.4, 0.5) is 0 Å². The van der Waals surface area contributed by atoms with Crippen LogP contribution < -0.4 is 0 Å². The highest BCUT2D eigenvalue weighted by molar-refractivity contribution is 6.31. The Morgan fingerprint density at radius 1 is 1.67 bits per heavy atom. The first kappa shape index (κ1) is 8.02. The van der Waals surface area contributed by atoms with Gasteiger partial charge in [0.25, 0.3) is 0 Å². The van der Waals surface area contributed by atoms with Crippen LogP contribution in [0, 0.1) is 0 Å². The summed E-state index contributed by atoms with van der Waals surface area (Å²) in [7, 11) is 0. The van der Waals surface area contributed by atoms with Crippen molar-refractivity contribution in [2.75, 3.05) is 0 Å². The van der Waals surface area contributed by atoms with Gasteiger partial charge in [0.15, 0.2) is 0 Å². The quantitative estimate of drug-likeness (QED) is 0.670. The number of aromatic nitrogens is 1. The Hall–Kier alpha value is -0.600. The van der Waals surface area contributed by atoms with E-state index >= 15 is 0 Å². The Kier molecular flexibility index (Phi) is 1.81. The molecule has 0 fully saturated rings. The van der Waals surface area contributed by atoms with Crippen molar-refractivity contribution < 1.29 is 5.11 Å². The van der Waals surface area contributed by atoms with Crippen molar-refractivity contribution in [2.24, 2.45) is 0 Å². The molecule has 1 aliphatic carbocycles. The number of hydrogen-bond acceptors (Lipinski definition) is 2. The fraction of sp³-hybridized carbons (Fsp3) is 0.444. The minimum Gasteiger partial charge on any atom is -0.387 e. The summed E-state index contributed by atoms with van der Waals surface area (Å²) in [4.78, 5) is 4.12. The van der Waals surface area contributed by atoms with E-state index in [1.54, 1.807) is 12.3 Å². The molecule has 64 valence electrons. The van der Waals surface area contributed by atoms with E-state index in [0.717, 1.165) is 22.7 Å². The van der Waals surface area contributed by atoms with Gasteiger partial charge in [-0.25, -0.2) is 0 Å². The normalized spacial score (nSPS) is 27.2. The molecule has 1 aromatic rings. The molecular weight excluding hydrogens is 174 g/mol. The summed E-state index contributed by atoms with van der Waals surface area (Å²) >= 11 is 5.98. The fourth-order valence-electron chi connectivity index (χ4n) is 1.78. The molecule has 0 radical (unpaired) electrons. The summed E-state index contributed by atoms with van der Waals surface area (Å²) in [5.41, 5.74) is 1.78. The van der Waals surface area contributed by atoms with Gasteiger partial charge in [0, 0.05) is 11.2 Å². The predicted molar refractivity (Wildman–Crippen MR) is 47.2 cm³/mol. The molecule has 2 nitrogen and oxygen atoms in total. The Labute approximate surface area is 76.2 Å². The van der Waals surface area contributed by atoms with Crippen LogP contribution in [-0.4, -0.2) is 10.1 Å². The minimum atomic E-state index is -0.423. The molecule has 12 heavy (non-hydrogen) atoms. The summed E-state index contributed by atoms with van der Waals surface area (Å²) < 4.78 is 0. The van der Waals surface area contributed by atoms with Crippen LogP contribution >= 0.6 is 11.6 Å². The molecule has 1 heterocycles. The van der Waals surface area contributed by atoms with Crippen molar-refractivity contribution in [2.45, 2.75) is 25.4 Å². The summed E-state index contributed by atoms with van der Waals surface area (Å²) in [5, 5.41) is 10.3. The van der Waals surface area contributed by atoms with Crippen LogP contribution in [0.1, 0.15) is 36.6 Å². The second kappa shape index (κ2) is 2.71. The smallest absolute Gasteiger partial charge is 0.0968 e. The Morgan fingerprint density at radius 2 is 2.42 bits per heavy atom. The summed E-state index contributed by atoms with van der Waals surface area (Å²) in [6.45, 7) is 2.06. The first-order chi connectivity index (χ1) is 5.70. The van der Waals surface area contributed by atoms with E-state index in [-0.39, 0.29) is 0 Å². The van der Waals surface area contributed by atoms with Gasteiger partial charge in [0.1, 0.15) is 0 Å². The zero-order chi connectivity index (χ0) is 8.72. The zero-order valence-electron chi connectivity index (χ0n) is 6.79. The number of hydrogen-bond donors (Lipinski definition) is 1. The molecule has 0 aliphatic heterocycles. The highest BCUT2D eigenvalue weighted by Gasteiger charge is 2.29. The monoisotopic (exact) mass is 183 g/mol. The van der Waals surface area contributed by atoms with Crippen molar-refractivity contribution in [3.63, 3.8) is 0 Å². The van der Waals surface area contributed by atoms with E-state index in [2.05, 4.69) is 11.9 Å². The maximum atomic E-state index is 9.56. The molecule has 0 saturated carbocycles. The van der Waals surface area contributed by atoms with Crippen molar-refractivity contribution in [1.29, 1.82) is 0 Å². The summed E-state index contributed by atoms with van der Waals surface area (Å²) in [5.74, 6) is 0.330. The van der Waals surface area contributed by atoms with Crippen molar-refractivity contribution >= 4 is 11.6 Å².